The highest BCUT2D eigenvalue weighted by Crippen LogP contribution is 2.30. The van der Waals surface area contributed by atoms with Gasteiger partial charge in [0.25, 0.3) is 0 Å². The summed E-state index contributed by atoms with van der Waals surface area (Å²) in [6.45, 7) is 0. The van der Waals surface area contributed by atoms with E-state index in [1.807, 2.05) is 6.07 Å². The smallest absolute Gasteiger partial charge is 0.234 e. The minimum atomic E-state index is -0.184. The number of nitrogen functional groups attached to an aromatic ring is 1. The second-order valence-electron chi connectivity index (χ2n) is 5.17. The molecule has 3 aromatic rings. The van der Waals surface area contributed by atoms with Crippen LogP contribution in [0.15, 0.2) is 41.6 Å². The highest BCUT2D eigenvalue weighted by atomic mass is 32.2. The lowest BCUT2D eigenvalue weighted by molar-refractivity contribution is -0.113. The quantitative estimate of drug-likeness (QED) is 0.502. The molecule has 9 heteroatoms. The summed E-state index contributed by atoms with van der Waals surface area (Å²) >= 11 is 1.27. The number of pyridine rings is 1. The standard InChI is InChI=1S/C17H17N5O3S/c1-24-12-6-5-10(8-13(12)25-2)20-14(23)9-26-16-11-4-3-7-19-15(11)21-17(18)22-16/h3-8H,9H2,1-2H3,(H,20,23)(H2,18,19,21,22). The number of nitrogens with one attached hydrogen (secondary N) is 1. The molecule has 2 aromatic heterocycles. The van der Waals surface area contributed by atoms with Crippen LogP contribution in [0.25, 0.3) is 11.0 Å². The fraction of sp³-hybridized carbons (Fsp3) is 0.176. The molecule has 0 aliphatic rings. The highest BCUT2D eigenvalue weighted by Gasteiger charge is 2.11. The van der Waals surface area contributed by atoms with Gasteiger partial charge >= 0.3 is 0 Å². The van der Waals surface area contributed by atoms with Crippen molar-refractivity contribution in [3.8, 4) is 11.5 Å². The average molecular weight is 371 g/mol. The van der Waals surface area contributed by atoms with Crippen LogP contribution >= 0.6 is 11.8 Å². The number of thioether (sulfide) groups is 1. The van der Waals surface area contributed by atoms with Crippen molar-refractivity contribution in [3.05, 3.63) is 36.5 Å². The number of nitrogens with zero attached hydrogens (tertiary/aromatic N) is 3. The lowest BCUT2D eigenvalue weighted by atomic mass is 10.2. The molecular formula is C17H17N5O3S. The summed E-state index contributed by atoms with van der Waals surface area (Å²) in [4.78, 5) is 24.7. The van der Waals surface area contributed by atoms with Crippen molar-refractivity contribution < 1.29 is 14.3 Å². The highest BCUT2D eigenvalue weighted by molar-refractivity contribution is 8.00. The van der Waals surface area contributed by atoms with Gasteiger partial charge in [-0.1, -0.05) is 11.8 Å². The number of rotatable bonds is 6. The van der Waals surface area contributed by atoms with Crippen LogP contribution in [0.1, 0.15) is 0 Å². The summed E-state index contributed by atoms with van der Waals surface area (Å²) in [7, 11) is 3.09. The average Bonchev–Trinajstić information content (AvgIpc) is 2.65. The molecule has 1 amide bonds. The molecule has 0 unspecified atom stereocenters. The number of amides is 1. The first-order valence-corrected chi connectivity index (χ1v) is 8.62. The zero-order valence-electron chi connectivity index (χ0n) is 14.2. The summed E-state index contributed by atoms with van der Waals surface area (Å²) in [5, 5.41) is 4.18. The minimum Gasteiger partial charge on any atom is -0.493 e. The van der Waals surface area contributed by atoms with Gasteiger partial charge in [-0.2, -0.15) is 4.98 Å². The van der Waals surface area contributed by atoms with Crippen LogP contribution in [-0.4, -0.2) is 40.8 Å². The molecule has 0 aliphatic carbocycles. The maximum atomic E-state index is 12.3. The van der Waals surface area contributed by atoms with Gasteiger partial charge in [0.15, 0.2) is 17.1 Å². The fourth-order valence-corrected chi connectivity index (χ4v) is 3.12. The number of carbonyl (C=O) groups is 1. The molecule has 0 radical (unpaired) electrons. The zero-order valence-corrected chi connectivity index (χ0v) is 15.0. The number of carbonyl (C=O) groups excluding carboxylic acids is 1. The van der Waals surface area contributed by atoms with Gasteiger partial charge in [-0.15, -0.1) is 0 Å². The Hall–Kier alpha value is -3.07. The van der Waals surface area contributed by atoms with E-state index in [9.17, 15) is 4.79 Å². The van der Waals surface area contributed by atoms with E-state index in [1.165, 1.54) is 18.9 Å². The van der Waals surface area contributed by atoms with Crippen molar-refractivity contribution in [2.45, 2.75) is 5.03 Å². The van der Waals surface area contributed by atoms with Gasteiger partial charge in [0.1, 0.15) is 5.03 Å². The summed E-state index contributed by atoms with van der Waals surface area (Å²) in [5.74, 6) is 1.23. The third kappa shape index (κ3) is 3.94. The second kappa shape index (κ2) is 7.87. The van der Waals surface area contributed by atoms with E-state index in [0.717, 1.165) is 5.39 Å². The third-order valence-corrected chi connectivity index (χ3v) is 4.45. The van der Waals surface area contributed by atoms with Gasteiger partial charge in [0, 0.05) is 18.0 Å². The van der Waals surface area contributed by atoms with Gasteiger partial charge in [0.2, 0.25) is 11.9 Å². The van der Waals surface area contributed by atoms with Crippen LogP contribution in [0.2, 0.25) is 0 Å². The van der Waals surface area contributed by atoms with E-state index >= 15 is 0 Å². The molecule has 0 atom stereocenters. The number of fused-ring (bicyclic) bond motifs is 1. The molecule has 26 heavy (non-hydrogen) atoms. The summed E-state index contributed by atoms with van der Waals surface area (Å²) < 4.78 is 10.4. The molecule has 0 fully saturated rings. The maximum Gasteiger partial charge on any atom is 0.234 e. The number of hydrogen-bond acceptors (Lipinski definition) is 8. The SMILES string of the molecule is COc1ccc(NC(=O)CSc2nc(N)nc3ncccc23)cc1OC. The van der Waals surface area contributed by atoms with Gasteiger partial charge in [-0.3, -0.25) is 4.79 Å². The van der Waals surface area contributed by atoms with E-state index in [-0.39, 0.29) is 17.6 Å². The first kappa shape index (κ1) is 17.7. The Morgan fingerprint density at radius 3 is 2.77 bits per heavy atom. The molecule has 0 saturated heterocycles. The normalized spacial score (nSPS) is 10.5. The Balaban J connectivity index is 1.70. The number of nitrogens with two attached hydrogens (primary N) is 1. The van der Waals surface area contributed by atoms with Crippen molar-refractivity contribution in [1.29, 1.82) is 0 Å². The Kier molecular flexibility index (Phi) is 5.37. The van der Waals surface area contributed by atoms with E-state index in [4.69, 9.17) is 15.2 Å². The lowest BCUT2D eigenvalue weighted by Gasteiger charge is -2.10. The predicted octanol–water partition coefficient (Wildman–Crippen LogP) is 2.36. The minimum absolute atomic E-state index is 0.124. The van der Waals surface area contributed by atoms with Gasteiger partial charge in [0.05, 0.1) is 25.4 Å². The summed E-state index contributed by atoms with van der Waals surface area (Å²) in [6, 6.07) is 8.80. The summed E-state index contributed by atoms with van der Waals surface area (Å²) in [5.41, 5.74) is 6.83. The largest absolute Gasteiger partial charge is 0.493 e. The maximum absolute atomic E-state index is 12.3. The predicted molar refractivity (Wildman–Crippen MR) is 101 cm³/mol. The van der Waals surface area contributed by atoms with Crippen molar-refractivity contribution in [3.63, 3.8) is 0 Å². The second-order valence-corrected chi connectivity index (χ2v) is 6.13. The molecule has 0 aliphatic heterocycles. The Morgan fingerprint density at radius 2 is 2.00 bits per heavy atom. The van der Waals surface area contributed by atoms with Crippen molar-refractivity contribution in [1.82, 2.24) is 15.0 Å². The topological polar surface area (TPSA) is 112 Å². The van der Waals surface area contributed by atoms with Gasteiger partial charge in [-0.25, -0.2) is 9.97 Å². The van der Waals surface area contributed by atoms with Gasteiger partial charge < -0.3 is 20.5 Å². The van der Waals surface area contributed by atoms with E-state index < -0.39 is 0 Å². The summed E-state index contributed by atoms with van der Waals surface area (Å²) in [6.07, 6.45) is 1.63. The first-order chi connectivity index (χ1) is 12.6. The number of ether oxygens (including phenoxy) is 2. The first-order valence-electron chi connectivity index (χ1n) is 7.63. The molecule has 134 valence electrons. The van der Waals surface area contributed by atoms with E-state index in [1.54, 1.807) is 37.6 Å². The zero-order chi connectivity index (χ0) is 18.5. The van der Waals surface area contributed by atoms with Crippen LogP contribution in [0, 0.1) is 0 Å². The molecule has 8 nitrogen and oxygen atoms in total. The number of aromatic nitrogens is 3. The fourth-order valence-electron chi connectivity index (χ4n) is 2.31. The molecular weight excluding hydrogens is 354 g/mol. The van der Waals surface area contributed by atoms with Crippen LogP contribution in [0.3, 0.4) is 0 Å². The molecule has 0 spiro atoms. The van der Waals surface area contributed by atoms with E-state index in [2.05, 4.69) is 20.3 Å². The Labute approximate surface area is 154 Å². The molecule has 0 bridgehead atoms. The van der Waals surface area contributed by atoms with Crippen molar-refractivity contribution in [2.75, 3.05) is 31.0 Å². The third-order valence-electron chi connectivity index (χ3n) is 3.46. The molecule has 0 saturated carbocycles. The molecule has 3 N–H and O–H groups in total. The number of methoxy groups -OCH3 is 2. The monoisotopic (exact) mass is 371 g/mol. The van der Waals surface area contributed by atoms with Crippen LogP contribution in [0.4, 0.5) is 11.6 Å². The van der Waals surface area contributed by atoms with Crippen LogP contribution in [-0.2, 0) is 4.79 Å². The number of hydrogen-bond donors (Lipinski definition) is 2. The number of anilines is 2. The number of benzene rings is 1. The van der Waals surface area contributed by atoms with Crippen molar-refractivity contribution in [2.24, 2.45) is 0 Å². The van der Waals surface area contributed by atoms with Crippen LogP contribution < -0.4 is 20.5 Å². The van der Waals surface area contributed by atoms with Gasteiger partial charge in [-0.05, 0) is 24.3 Å². The lowest BCUT2D eigenvalue weighted by Crippen LogP contribution is -2.14. The van der Waals surface area contributed by atoms with Crippen LogP contribution in [0.5, 0.6) is 11.5 Å². The van der Waals surface area contributed by atoms with E-state index in [0.29, 0.717) is 27.9 Å². The van der Waals surface area contributed by atoms with Crippen molar-refractivity contribution >= 4 is 40.3 Å². The molecule has 2 heterocycles. The molecule has 1 aromatic carbocycles. The Morgan fingerprint density at radius 1 is 1.19 bits per heavy atom. The molecule has 3 rings (SSSR count). The Bertz CT molecular complexity index is 951.